The maximum Gasteiger partial charge on any atom is 0.338 e. The van der Waals surface area contributed by atoms with E-state index in [0.717, 1.165) is 24.0 Å². The van der Waals surface area contributed by atoms with E-state index in [1.165, 1.54) is 0 Å². The van der Waals surface area contributed by atoms with Crippen LogP contribution in [0.2, 0.25) is 0 Å². The highest BCUT2D eigenvalue weighted by Gasteiger charge is 2.13. The Morgan fingerprint density at radius 2 is 1.48 bits per heavy atom. The number of carbonyl (C=O) groups is 4. The highest BCUT2D eigenvalue weighted by Crippen LogP contribution is 2.19. The lowest BCUT2D eigenvalue weighted by Gasteiger charge is -2.11. The largest absolute Gasteiger partial charge is 0.462 e. The number of rotatable bonds is 11. The van der Waals surface area contributed by atoms with E-state index >= 15 is 0 Å². The fraction of sp³-hybridized carbons (Fsp3) is 0.360. The normalized spacial score (nSPS) is 10.3. The minimum atomic E-state index is -0.646. The van der Waals surface area contributed by atoms with Crippen LogP contribution in [0.25, 0.3) is 0 Å². The predicted molar refractivity (Wildman–Crippen MR) is 125 cm³/mol. The third-order valence-corrected chi connectivity index (χ3v) is 4.80. The van der Waals surface area contributed by atoms with Crippen LogP contribution in [-0.4, -0.2) is 37.0 Å². The second-order valence-electron chi connectivity index (χ2n) is 7.59. The van der Waals surface area contributed by atoms with E-state index in [4.69, 9.17) is 9.47 Å². The van der Waals surface area contributed by atoms with Gasteiger partial charge in [-0.3, -0.25) is 14.4 Å². The van der Waals surface area contributed by atoms with Gasteiger partial charge in [0, 0.05) is 17.8 Å². The zero-order valence-electron chi connectivity index (χ0n) is 19.2. The average Bonchev–Trinajstić information content (AvgIpc) is 2.79. The molecule has 0 radical (unpaired) electrons. The molecular formula is C25H30N2O6. The molecule has 0 atom stereocenters. The van der Waals surface area contributed by atoms with Crippen molar-refractivity contribution < 1.29 is 28.7 Å². The van der Waals surface area contributed by atoms with E-state index in [0.29, 0.717) is 23.5 Å². The number of anilines is 2. The molecule has 2 aromatic rings. The van der Waals surface area contributed by atoms with Gasteiger partial charge in [-0.1, -0.05) is 31.5 Å². The summed E-state index contributed by atoms with van der Waals surface area (Å²) in [5.74, 6) is -1.89. The summed E-state index contributed by atoms with van der Waals surface area (Å²) < 4.78 is 10.1. The molecule has 2 rings (SSSR count). The van der Waals surface area contributed by atoms with E-state index in [1.54, 1.807) is 24.3 Å². The van der Waals surface area contributed by atoms with Crippen LogP contribution in [0.15, 0.2) is 42.5 Å². The summed E-state index contributed by atoms with van der Waals surface area (Å²) in [6, 6.07) is 11.9. The fourth-order valence-corrected chi connectivity index (χ4v) is 2.93. The Kier molecular flexibility index (Phi) is 10.1. The maximum atomic E-state index is 12.1. The lowest BCUT2D eigenvalue weighted by Crippen LogP contribution is -2.22. The number of ether oxygens (including phenoxy) is 2. The van der Waals surface area contributed by atoms with Crippen LogP contribution in [0, 0.1) is 13.8 Å². The van der Waals surface area contributed by atoms with Gasteiger partial charge in [0.05, 0.1) is 18.6 Å². The van der Waals surface area contributed by atoms with Gasteiger partial charge in [0.15, 0.2) is 6.61 Å². The molecule has 33 heavy (non-hydrogen) atoms. The molecule has 0 aliphatic carbocycles. The first-order valence-electron chi connectivity index (χ1n) is 10.9. The zero-order chi connectivity index (χ0) is 24.2. The van der Waals surface area contributed by atoms with Crippen molar-refractivity contribution >= 4 is 35.1 Å². The molecule has 0 aromatic heterocycles. The first-order valence-corrected chi connectivity index (χ1v) is 10.9. The minimum Gasteiger partial charge on any atom is -0.462 e. The van der Waals surface area contributed by atoms with Crippen molar-refractivity contribution in [3.63, 3.8) is 0 Å². The number of benzene rings is 2. The smallest absolute Gasteiger partial charge is 0.338 e. The van der Waals surface area contributed by atoms with Crippen molar-refractivity contribution in [2.24, 2.45) is 0 Å². The maximum absolute atomic E-state index is 12.1. The summed E-state index contributed by atoms with van der Waals surface area (Å²) in [7, 11) is 0. The molecule has 0 heterocycles. The van der Waals surface area contributed by atoms with Crippen molar-refractivity contribution in [2.75, 3.05) is 23.8 Å². The third-order valence-electron chi connectivity index (χ3n) is 4.80. The van der Waals surface area contributed by atoms with Gasteiger partial charge in [-0.15, -0.1) is 0 Å². The van der Waals surface area contributed by atoms with Gasteiger partial charge in [0.2, 0.25) is 5.91 Å². The van der Waals surface area contributed by atoms with Gasteiger partial charge in [-0.25, -0.2) is 4.79 Å². The molecule has 0 bridgehead atoms. The number of hydrogen-bond donors (Lipinski definition) is 2. The fourth-order valence-electron chi connectivity index (χ4n) is 2.93. The number of aryl methyl sites for hydroxylation is 2. The molecule has 0 aliphatic rings. The molecule has 0 unspecified atom stereocenters. The van der Waals surface area contributed by atoms with Crippen LogP contribution in [0.4, 0.5) is 11.4 Å². The van der Waals surface area contributed by atoms with Gasteiger partial charge >= 0.3 is 11.9 Å². The molecule has 176 valence electrons. The van der Waals surface area contributed by atoms with E-state index in [2.05, 4.69) is 10.6 Å². The van der Waals surface area contributed by atoms with E-state index in [9.17, 15) is 19.2 Å². The topological polar surface area (TPSA) is 111 Å². The molecule has 0 fully saturated rings. The summed E-state index contributed by atoms with van der Waals surface area (Å²) in [4.78, 5) is 47.9. The number of nitrogens with one attached hydrogen (secondary N) is 2. The lowest BCUT2D eigenvalue weighted by molar-refractivity contribution is -0.147. The molecule has 0 aliphatic heterocycles. The standard InChI is InChI=1S/C25H30N2O6/c1-4-5-15-32-25(31)19-9-11-20(12-10-19)26-21(28)13-14-23(30)33-16-22(29)27-24-17(2)7-6-8-18(24)3/h6-12H,4-5,13-16H2,1-3H3,(H,26,28)(H,27,29). The van der Waals surface area contributed by atoms with E-state index in [-0.39, 0.29) is 18.7 Å². The Morgan fingerprint density at radius 3 is 2.12 bits per heavy atom. The number of hydrogen-bond acceptors (Lipinski definition) is 6. The number of para-hydroxylation sites is 1. The summed E-state index contributed by atoms with van der Waals surface area (Å²) in [5, 5.41) is 5.38. The molecule has 0 spiro atoms. The molecular weight excluding hydrogens is 424 g/mol. The second kappa shape index (κ2) is 13.0. The Bertz CT molecular complexity index is 965. The summed E-state index contributed by atoms with van der Waals surface area (Å²) in [6.45, 7) is 5.70. The van der Waals surface area contributed by atoms with Crippen LogP contribution < -0.4 is 10.6 Å². The summed E-state index contributed by atoms with van der Waals surface area (Å²) in [6.07, 6.45) is 1.48. The van der Waals surface area contributed by atoms with Crippen LogP contribution >= 0.6 is 0 Å². The Labute approximate surface area is 193 Å². The van der Waals surface area contributed by atoms with Gasteiger partial charge in [0.25, 0.3) is 5.91 Å². The highest BCUT2D eigenvalue weighted by atomic mass is 16.5. The van der Waals surface area contributed by atoms with Crippen LogP contribution in [0.3, 0.4) is 0 Å². The van der Waals surface area contributed by atoms with Crippen LogP contribution in [-0.2, 0) is 23.9 Å². The third kappa shape index (κ3) is 8.76. The molecule has 2 aromatic carbocycles. The van der Waals surface area contributed by atoms with Crippen LogP contribution in [0.5, 0.6) is 0 Å². The molecule has 2 amide bonds. The minimum absolute atomic E-state index is 0.0990. The number of carbonyl (C=O) groups excluding carboxylic acids is 4. The number of esters is 2. The molecule has 0 saturated heterocycles. The molecule has 8 heteroatoms. The first-order chi connectivity index (χ1) is 15.8. The summed E-state index contributed by atoms with van der Waals surface area (Å²) in [5.41, 5.74) is 3.40. The van der Waals surface area contributed by atoms with E-state index < -0.39 is 24.5 Å². The van der Waals surface area contributed by atoms with Gasteiger partial charge in [-0.2, -0.15) is 0 Å². The highest BCUT2D eigenvalue weighted by molar-refractivity contribution is 5.95. The Morgan fingerprint density at radius 1 is 0.818 bits per heavy atom. The second-order valence-corrected chi connectivity index (χ2v) is 7.59. The van der Waals surface area contributed by atoms with Crippen molar-refractivity contribution in [2.45, 2.75) is 46.5 Å². The van der Waals surface area contributed by atoms with Gasteiger partial charge < -0.3 is 20.1 Å². The number of unbranched alkanes of at least 4 members (excludes halogenated alkanes) is 1. The SMILES string of the molecule is CCCCOC(=O)c1ccc(NC(=O)CCC(=O)OCC(=O)Nc2c(C)cccc2C)cc1. The first kappa shape index (κ1) is 25.6. The lowest BCUT2D eigenvalue weighted by atomic mass is 10.1. The molecule has 0 saturated carbocycles. The quantitative estimate of drug-likeness (QED) is 0.390. The zero-order valence-corrected chi connectivity index (χ0v) is 19.2. The van der Waals surface area contributed by atoms with Crippen molar-refractivity contribution in [3.8, 4) is 0 Å². The van der Waals surface area contributed by atoms with Gasteiger partial charge in [-0.05, 0) is 55.7 Å². The van der Waals surface area contributed by atoms with Crippen molar-refractivity contribution in [3.05, 3.63) is 59.2 Å². The number of amides is 2. The Balaban J connectivity index is 1.71. The summed E-state index contributed by atoms with van der Waals surface area (Å²) >= 11 is 0. The van der Waals surface area contributed by atoms with Crippen LogP contribution in [0.1, 0.15) is 54.1 Å². The average molecular weight is 455 g/mol. The van der Waals surface area contributed by atoms with Crippen molar-refractivity contribution in [1.82, 2.24) is 0 Å². The van der Waals surface area contributed by atoms with Gasteiger partial charge in [0.1, 0.15) is 0 Å². The van der Waals surface area contributed by atoms with E-state index in [1.807, 2.05) is 39.0 Å². The predicted octanol–water partition coefficient (Wildman–Crippen LogP) is 4.16. The Hall–Kier alpha value is -3.68. The molecule has 8 nitrogen and oxygen atoms in total. The monoisotopic (exact) mass is 454 g/mol. The molecule has 2 N–H and O–H groups in total. The van der Waals surface area contributed by atoms with Crippen molar-refractivity contribution in [1.29, 1.82) is 0 Å².